The molecule has 3 aromatic carbocycles. The van der Waals surface area contributed by atoms with Crippen molar-refractivity contribution in [2.75, 3.05) is 7.11 Å². The van der Waals surface area contributed by atoms with Crippen LogP contribution in [0.3, 0.4) is 0 Å². The molecule has 0 bridgehead atoms. The average molecular weight is 624 g/mol. The summed E-state index contributed by atoms with van der Waals surface area (Å²) in [5, 5.41) is 0.649. The van der Waals surface area contributed by atoms with Crippen LogP contribution in [-0.4, -0.2) is 17.6 Å². The van der Waals surface area contributed by atoms with Gasteiger partial charge in [0.15, 0.2) is 4.80 Å². The van der Waals surface area contributed by atoms with Gasteiger partial charge in [-0.25, -0.2) is 9.79 Å². The van der Waals surface area contributed by atoms with Gasteiger partial charge in [-0.15, -0.1) is 0 Å². The Morgan fingerprint density at radius 3 is 2.56 bits per heavy atom. The van der Waals surface area contributed by atoms with Gasteiger partial charge in [0.25, 0.3) is 5.56 Å². The number of benzene rings is 3. The number of halogens is 2. The molecule has 2 heterocycles. The molecule has 0 unspecified atom stereocenters. The molecular weight excluding hydrogens is 600 g/mol. The highest BCUT2D eigenvalue weighted by molar-refractivity contribution is 9.10. The highest BCUT2D eigenvalue weighted by Gasteiger charge is 2.33. The number of aromatic nitrogens is 1. The molecule has 198 valence electrons. The highest BCUT2D eigenvalue weighted by atomic mass is 79.9. The van der Waals surface area contributed by atoms with Crippen LogP contribution in [0.2, 0.25) is 5.02 Å². The fourth-order valence-electron chi connectivity index (χ4n) is 4.46. The lowest BCUT2D eigenvalue weighted by Gasteiger charge is -2.25. The third-order valence-electron chi connectivity index (χ3n) is 6.36. The molecule has 0 radical (unpaired) electrons. The third kappa shape index (κ3) is 5.50. The van der Waals surface area contributed by atoms with Crippen molar-refractivity contribution in [2.45, 2.75) is 26.0 Å². The fourth-order valence-corrected chi connectivity index (χ4v) is 6.18. The summed E-state index contributed by atoms with van der Waals surface area (Å²) in [5.74, 6) is 0.169. The molecule has 1 atom stereocenters. The number of ether oxygens (including phenoxy) is 2. The molecule has 1 aliphatic heterocycles. The van der Waals surface area contributed by atoms with Gasteiger partial charge < -0.3 is 9.47 Å². The van der Waals surface area contributed by atoms with Gasteiger partial charge in [0.1, 0.15) is 12.4 Å². The summed E-state index contributed by atoms with van der Waals surface area (Å²) in [7, 11) is 1.34. The summed E-state index contributed by atoms with van der Waals surface area (Å²) in [6, 6.07) is 22.0. The minimum Gasteiger partial charge on any atom is -0.488 e. The average Bonchev–Trinajstić information content (AvgIpc) is 3.26. The third-order valence-corrected chi connectivity index (χ3v) is 8.33. The van der Waals surface area contributed by atoms with Crippen LogP contribution >= 0.6 is 38.9 Å². The Morgan fingerprint density at radius 1 is 1.13 bits per heavy atom. The lowest BCUT2D eigenvalue weighted by molar-refractivity contribution is -0.136. The second kappa shape index (κ2) is 11.7. The van der Waals surface area contributed by atoms with Crippen molar-refractivity contribution in [3.05, 3.63) is 130 Å². The van der Waals surface area contributed by atoms with Crippen LogP contribution in [0.25, 0.3) is 6.08 Å². The van der Waals surface area contributed by atoms with Crippen LogP contribution in [0.1, 0.15) is 36.1 Å². The van der Waals surface area contributed by atoms with Gasteiger partial charge in [-0.2, -0.15) is 0 Å². The van der Waals surface area contributed by atoms with Crippen LogP contribution in [-0.2, 0) is 16.1 Å². The molecule has 0 saturated carbocycles. The van der Waals surface area contributed by atoms with Crippen LogP contribution in [0, 0.1) is 0 Å². The molecule has 5 rings (SSSR count). The first kappa shape index (κ1) is 27.1. The van der Waals surface area contributed by atoms with Crippen molar-refractivity contribution in [2.24, 2.45) is 4.99 Å². The number of carbonyl (C=O) groups is 1. The van der Waals surface area contributed by atoms with E-state index in [-0.39, 0.29) is 5.56 Å². The van der Waals surface area contributed by atoms with E-state index in [4.69, 9.17) is 26.1 Å². The number of nitrogens with zero attached hydrogens (tertiary/aromatic N) is 2. The molecule has 4 aromatic rings. The molecule has 0 spiro atoms. The molecule has 0 saturated heterocycles. The lowest BCUT2D eigenvalue weighted by atomic mass is 9.95. The predicted octanol–water partition coefficient (Wildman–Crippen LogP) is 5.79. The first-order valence-electron chi connectivity index (χ1n) is 12.2. The standard InChI is InChI=1S/C30H24BrClN2O4S/c1-3-23-26(29(36)37-2)27(19-9-5-4-6-10-19)34-28(35)25(39-30(34)33-23)16-18-13-14-24(21(31)15-18)38-17-20-11-7-8-12-22(20)32/h4-16,27H,3,17H2,1-2H3/b25-16-/t27-/m0/s1. The normalized spacial score (nSPS) is 15.1. The van der Waals surface area contributed by atoms with Gasteiger partial charge in [-0.05, 0) is 57.8 Å². The molecule has 1 aliphatic rings. The van der Waals surface area contributed by atoms with E-state index in [1.165, 1.54) is 18.4 Å². The maximum Gasteiger partial charge on any atom is 0.338 e. The van der Waals surface area contributed by atoms with E-state index in [9.17, 15) is 9.59 Å². The van der Waals surface area contributed by atoms with E-state index in [2.05, 4.69) is 15.9 Å². The van der Waals surface area contributed by atoms with Crippen molar-refractivity contribution in [1.29, 1.82) is 0 Å². The number of hydrogen-bond acceptors (Lipinski definition) is 6. The number of allylic oxidation sites excluding steroid dienone is 1. The molecule has 6 nitrogen and oxygen atoms in total. The molecule has 9 heteroatoms. The Balaban J connectivity index is 1.54. The Morgan fingerprint density at radius 2 is 1.87 bits per heavy atom. The van der Waals surface area contributed by atoms with Gasteiger partial charge in [0.05, 0.1) is 33.4 Å². The number of rotatable bonds is 7. The number of esters is 1. The van der Waals surface area contributed by atoms with E-state index in [0.717, 1.165) is 21.2 Å². The lowest BCUT2D eigenvalue weighted by Crippen LogP contribution is -2.40. The minimum atomic E-state index is -0.626. The van der Waals surface area contributed by atoms with E-state index >= 15 is 0 Å². The molecule has 0 fully saturated rings. The van der Waals surface area contributed by atoms with Crippen molar-refractivity contribution in [3.63, 3.8) is 0 Å². The van der Waals surface area contributed by atoms with Crippen molar-refractivity contribution in [3.8, 4) is 5.75 Å². The van der Waals surface area contributed by atoms with Crippen LogP contribution in [0.5, 0.6) is 5.75 Å². The van der Waals surface area contributed by atoms with E-state index in [1.54, 1.807) is 4.57 Å². The largest absolute Gasteiger partial charge is 0.488 e. The maximum absolute atomic E-state index is 13.8. The molecule has 0 amide bonds. The monoisotopic (exact) mass is 622 g/mol. The summed E-state index contributed by atoms with van der Waals surface area (Å²) in [4.78, 5) is 31.9. The molecule has 0 aliphatic carbocycles. The molecular formula is C30H24BrClN2O4S. The van der Waals surface area contributed by atoms with Gasteiger partial charge >= 0.3 is 5.97 Å². The zero-order valence-electron chi connectivity index (χ0n) is 21.2. The Bertz CT molecular complexity index is 1760. The highest BCUT2D eigenvalue weighted by Crippen LogP contribution is 2.32. The maximum atomic E-state index is 13.8. The molecule has 39 heavy (non-hydrogen) atoms. The zero-order chi connectivity index (χ0) is 27.5. The van der Waals surface area contributed by atoms with Gasteiger partial charge in [-0.1, -0.05) is 84.5 Å². The van der Waals surface area contributed by atoms with Crippen LogP contribution in [0.4, 0.5) is 0 Å². The second-order valence-electron chi connectivity index (χ2n) is 8.77. The van der Waals surface area contributed by atoms with Crippen LogP contribution < -0.4 is 19.6 Å². The summed E-state index contributed by atoms with van der Waals surface area (Å²) < 4.78 is 13.9. The Labute approximate surface area is 242 Å². The fraction of sp³-hybridized carbons (Fsp3) is 0.167. The predicted molar refractivity (Wildman–Crippen MR) is 157 cm³/mol. The summed E-state index contributed by atoms with van der Waals surface area (Å²) in [6.07, 6.45) is 2.35. The summed E-state index contributed by atoms with van der Waals surface area (Å²) >= 11 is 11.1. The second-order valence-corrected chi connectivity index (χ2v) is 11.0. The smallest absolute Gasteiger partial charge is 0.338 e. The van der Waals surface area contributed by atoms with Gasteiger partial charge in [-0.3, -0.25) is 9.36 Å². The molecule has 1 aromatic heterocycles. The summed E-state index contributed by atoms with van der Waals surface area (Å²) in [6.45, 7) is 2.27. The quantitative estimate of drug-likeness (QED) is 0.244. The minimum absolute atomic E-state index is 0.223. The van der Waals surface area contributed by atoms with Crippen molar-refractivity contribution >= 4 is 50.9 Å². The SMILES string of the molecule is CCC1=C(C(=O)OC)[C@H](c2ccccc2)n2c(s/c(=C\c3ccc(OCc4ccccc4Cl)c(Br)c3)c2=O)=N1. The van der Waals surface area contributed by atoms with Crippen molar-refractivity contribution < 1.29 is 14.3 Å². The number of carbonyl (C=O) groups excluding carboxylic acids is 1. The van der Waals surface area contributed by atoms with Crippen molar-refractivity contribution in [1.82, 2.24) is 4.57 Å². The zero-order valence-corrected chi connectivity index (χ0v) is 24.3. The number of hydrogen-bond donors (Lipinski definition) is 0. The van der Waals surface area contributed by atoms with Gasteiger partial charge in [0, 0.05) is 10.6 Å². The van der Waals surface area contributed by atoms with Gasteiger partial charge in [0.2, 0.25) is 0 Å². The number of fused-ring (bicyclic) bond motifs is 1. The Hall–Kier alpha value is -3.46. The van der Waals surface area contributed by atoms with E-state index in [1.807, 2.05) is 85.8 Å². The Kier molecular flexibility index (Phi) is 8.16. The first-order valence-corrected chi connectivity index (χ1v) is 14.2. The van der Waals surface area contributed by atoms with E-state index < -0.39 is 12.0 Å². The summed E-state index contributed by atoms with van der Waals surface area (Å²) in [5.41, 5.74) is 3.30. The first-order chi connectivity index (χ1) is 18.9. The van der Waals surface area contributed by atoms with E-state index in [0.29, 0.717) is 44.4 Å². The number of methoxy groups -OCH3 is 1. The topological polar surface area (TPSA) is 69.9 Å². The van der Waals surface area contributed by atoms with Crippen LogP contribution in [0.15, 0.2) is 98.3 Å². The number of thiazole rings is 1. The molecule has 0 N–H and O–H groups in total.